The van der Waals surface area contributed by atoms with E-state index < -0.39 is 11.7 Å². The average molecular weight is 244 g/mol. The van der Waals surface area contributed by atoms with Crippen LogP contribution < -0.4 is 11.1 Å². The number of alkyl carbamates (subject to hydrolysis) is 1. The number of carbonyl (C=O) groups excluding carboxylic acids is 1. The lowest BCUT2D eigenvalue weighted by molar-refractivity contribution is -0.0721. The van der Waals surface area contributed by atoms with E-state index in [2.05, 4.69) is 5.32 Å². The van der Waals surface area contributed by atoms with E-state index >= 15 is 0 Å². The molecule has 1 rings (SSSR count). The maximum atomic E-state index is 11.7. The Morgan fingerprint density at radius 1 is 1.47 bits per heavy atom. The van der Waals surface area contributed by atoms with Gasteiger partial charge in [-0.15, -0.1) is 0 Å². The van der Waals surface area contributed by atoms with Gasteiger partial charge in [0.15, 0.2) is 0 Å². The number of hydrogen-bond acceptors (Lipinski definition) is 4. The predicted molar refractivity (Wildman–Crippen MR) is 65.8 cm³/mol. The fraction of sp³-hybridized carbons (Fsp3) is 0.917. The van der Waals surface area contributed by atoms with Gasteiger partial charge in [-0.05, 0) is 41.0 Å². The first kappa shape index (κ1) is 14.3. The number of nitrogens with two attached hydrogens (primary N) is 1. The van der Waals surface area contributed by atoms with Crippen LogP contribution in [-0.2, 0) is 9.47 Å². The van der Waals surface area contributed by atoms with Crippen molar-refractivity contribution in [2.75, 3.05) is 6.61 Å². The fourth-order valence-corrected chi connectivity index (χ4v) is 1.79. The molecule has 5 nitrogen and oxygen atoms in total. The second-order valence-corrected chi connectivity index (χ2v) is 6.19. The lowest BCUT2D eigenvalue weighted by atomic mass is 9.91. The molecule has 0 saturated carbocycles. The number of ether oxygens (including phenoxy) is 2. The van der Waals surface area contributed by atoms with E-state index in [0.717, 1.165) is 0 Å². The Labute approximate surface area is 103 Å². The highest BCUT2D eigenvalue weighted by molar-refractivity contribution is 5.68. The van der Waals surface area contributed by atoms with Gasteiger partial charge in [-0.3, -0.25) is 0 Å². The summed E-state index contributed by atoms with van der Waals surface area (Å²) in [5, 5.41) is 2.81. The van der Waals surface area contributed by atoms with E-state index in [4.69, 9.17) is 15.2 Å². The number of hydrogen-bond donors (Lipinski definition) is 2. The van der Waals surface area contributed by atoms with Crippen molar-refractivity contribution in [3.05, 3.63) is 0 Å². The van der Waals surface area contributed by atoms with Crippen molar-refractivity contribution in [3.8, 4) is 0 Å². The van der Waals surface area contributed by atoms with E-state index in [1.54, 1.807) is 0 Å². The summed E-state index contributed by atoms with van der Waals surface area (Å²) >= 11 is 0. The van der Waals surface area contributed by atoms with E-state index in [-0.39, 0.29) is 17.7 Å². The average Bonchev–Trinajstić information content (AvgIpc) is 2.07. The standard InChI is InChI=1S/C12H24N2O3/c1-11(2,3)17-10(15)14-9-6-12(4,5)16-7-8(9)13/h8-9H,6-7,13H2,1-5H3,(H,14,15)/t8-,9+/m1/s1. The van der Waals surface area contributed by atoms with Crippen LogP contribution in [0.25, 0.3) is 0 Å². The molecule has 100 valence electrons. The Balaban J connectivity index is 2.52. The van der Waals surface area contributed by atoms with Crippen molar-refractivity contribution in [1.82, 2.24) is 5.32 Å². The molecule has 1 aliphatic heterocycles. The molecule has 0 aromatic carbocycles. The SMILES string of the molecule is CC(C)(C)OC(=O)N[C@H]1CC(C)(C)OC[C@H]1N. The molecular formula is C12H24N2O3. The van der Waals surface area contributed by atoms with E-state index in [9.17, 15) is 4.79 Å². The maximum Gasteiger partial charge on any atom is 0.407 e. The van der Waals surface area contributed by atoms with Crippen LogP contribution in [-0.4, -0.2) is 36.0 Å². The highest BCUT2D eigenvalue weighted by Crippen LogP contribution is 2.23. The van der Waals surface area contributed by atoms with Gasteiger partial charge in [0.1, 0.15) is 5.60 Å². The predicted octanol–water partition coefficient (Wildman–Crippen LogP) is 1.41. The first-order chi connectivity index (χ1) is 7.59. The third kappa shape index (κ3) is 4.91. The van der Waals surface area contributed by atoms with Crippen molar-refractivity contribution >= 4 is 6.09 Å². The van der Waals surface area contributed by atoms with Crippen molar-refractivity contribution in [2.24, 2.45) is 5.73 Å². The molecule has 0 spiro atoms. The van der Waals surface area contributed by atoms with Gasteiger partial charge in [-0.2, -0.15) is 0 Å². The molecule has 3 N–H and O–H groups in total. The van der Waals surface area contributed by atoms with Crippen molar-refractivity contribution < 1.29 is 14.3 Å². The summed E-state index contributed by atoms with van der Waals surface area (Å²) in [7, 11) is 0. The zero-order valence-electron chi connectivity index (χ0n) is 11.4. The molecule has 0 aromatic rings. The number of carbonyl (C=O) groups is 1. The van der Waals surface area contributed by atoms with Crippen molar-refractivity contribution in [2.45, 2.75) is 64.3 Å². The molecule has 17 heavy (non-hydrogen) atoms. The Kier molecular flexibility index (Phi) is 4.04. The third-order valence-corrected chi connectivity index (χ3v) is 2.60. The third-order valence-electron chi connectivity index (χ3n) is 2.60. The quantitative estimate of drug-likeness (QED) is 0.731. The molecule has 1 saturated heterocycles. The Hall–Kier alpha value is -0.810. The molecule has 0 aromatic heterocycles. The zero-order chi connectivity index (χ0) is 13.3. The van der Waals surface area contributed by atoms with Crippen LogP contribution >= 0.6 is 0 Å². The Morgan fingerprint density at radius 3 is 2.59 bits per heavy atom. The minimum Gasteiger partial charge on any atom is -0.444 e. The summed E-state index contributed by atoms with van der Waals surface area (Å²) in [6.45, 7) is 9.93. The van der Waals surface area contributed by atoms with Gasteiger partial charge in [0.25, 0.3) is 0 Å². The topological polar surface area (TPSA) is 73.6 Å². The van der Waals surface area contributed by atoms with Gasteiger partial charge < -0.3 is 20.5 Å². The van der Waals surface area contributed by atoms with Crippen molar-refractivity contribution in [3.63, 3.8) is 0 Å². The van der Waals surface area contributed by atoms with Gasteiger partial charge in [0.2, 0.25) is 0 Å². The number of nitrogens with one attached hydrogen (secondary N) is 1. The normalized spacial score (nSPS) is 28.6. The van der Waals surface area contributed by atoms with Crippen LogP contribution in [0, 0.1) is 0 Å². The second-order valence-electron chi connectivity index (χ2n) is 6.19. The van der Waals surface area contributed by atoms with Gasteiger partial charge in [-0.25, -0.2) is 4.79 Å². The van der Waals surface area contributed by atoms with Crippen LogP contribution in [0.15, 0.2) is 0 Å². The molecule has 0 unspecified atom stereocenters. The first-order valence-electron chi connectivity index (χ1n) is 5.98. The lowest BCUT2D eigenvalue weighted by Crippen LogP contribution is -2.58. The Morgan fingerprint density at radius 2 is 2.06 bits per heavy atom. The van der Waals surface area contributed by atoms with Crippen LogP contribution in [0.2, 0.25) is 0 Å². The van der Waals surface area contributed by atoms with Gasteiger partial charge in [-0.1, -0.05) is 0 Å². The first-order valence-corrected chi connectivity index (χ1v) is 5.98. The lowest BCUT2D eigenvalue weighted by Gasteiger charge is -2.39. The highest BCUT2D eigenvalue weighted by atomic mass is 16.6. The minimum absolute atomic E-state index is 0.103. The zero-order valence-corrected chi connectivity index (χ0v) is 11.4. The largest absolute Gasteiger partial charge is 0.444 e. The van der Waals surface area contributed by atoms with E-state index in [1.165, 1.54) is 0 Å². The monoisotopic (exact) mass is 244 g/mol. The fourth-order valence-electron chi connectivity index (χ4n) is 1.79. The summed E-state index contributed by atoms with van der Waals surface area (Å²) in [6.07, 6.45) is 0.267. The molecule has 0 radical (unpaired) electrons. The molecule has 1 amide bonds. The summed E-state index contributed by atoms with van der Waals surface area (Å²) in [5.41, 5.74) is 5.17. The summed E-state index contributed by atoms with van der Waals surface area (Å²) in [5.74, 6) is 0. The van der Waals surface area contributed by atoms with Crippen molar-refractivity contribution in [1.29, 1.82) is 0 Å². The molecule has 1 aliphatic rings. The Bertz CT molecular complexity index is 284. The smallest absolute Gasteiger partial charge is 0.407 e. The molecule has 0 aliphatic carbocycles. The molecule has 0 bridgehead atoms. The molecule has 1 fully saturated rings. The van der Waals surface area contributed by atoms with Gasteiger partial charge >= 0.3 is 6.09 Å². The highest BCUT2D eigenvalue weighted by Gasteiger charge is 2.35. The van der Waals surface area contributed by atoms with E-state index in [0.29, 0.717) is 13.0 Å². The van der Waals surface area contributed by atoms with Gasteiger partial charge in [0, 0.05) is 6.04 Å². The maximum absolute atomic E-state index is 11.7. The van der Waals surface area contributed by atoms with E-state index in [1.807, 2.05) is 34.6 Å². The minimum atomic E-state index is -0.491. The summed E-state index contributed by atoms with van der Waals surface area (Å²) in [6, 6.07) is -0.288. The second kappa shape index (κ2) is 4.82. The summed E-state index contributed by atoms with van der Waals surface area (Å²) in [4.78, 5) is 11.7. The molecular weight excluding hydrogens is 220 g/mol. The van der Waals surface area contributed by atoms with Crippen LogP contribution in [0.5, 0.6) is 0 Å². The number of amides is 1. The van der Waals surface area contributed by atoms with Crippen LogP contribution in [0.4, 0.5) is 4.79 Å². The van der Waals surface area contributed by atoms with Gasteiger partial charge in [0.05, 0.1) is 18.2 Å². The van der Waals surface area contributed by atoms with Crippen LogP contribution in [0.3, 0.4) is 0 Å². The number of rotatable bonds is 1. The van der Waals surface area contributed by atoms with Crippen LogP contribution in [0.1, 0.15) is 41.0 Å². The molecule has 2 atom stereocenters. The molecule has 1 heterocycles. The summed E-state index contributed by atoms with van der Waals surface area (Å²) < 4.78 is 10.8. The molecule has 5 heteroatoms.